The second kappa shape index (κ2) is 3.68. The molecule has 0 spiro atoms. The van der Waals surface area contributed by atoms with Crippen LogP contribution in [0.2, 0.25) is 0 Å². The molecule has 5 nitrogen and oxygen atoms in total. The van der Waals surface area contributed by atoms with Gasteiger partial charge in [-0.1, -0.05) is 0 Å². The predicted molar refractivity (Wildman–Crippen MR) is 65.4 cm³/mol. The zero-order valence-corrected chi connectivity index (χ0v) is 10.3. The highest BCUT2D eigenvalue weighted by molar-refractivity contribution is 5.96. The Morgan fingerprint density at radius 1 is 1.44 bits per heavy atom. The van der Waals surface area contributed by atoms with Crippen molar-refractivity contribution in [1.82, 2.24) is 4.98 Å². The van der Waals surface area contributed by atoms with Gasteiger partial charge in [0.15, 0.2) is 0 Å². The first kappa shape index (κ1) is 11.5. The molecular weight excluding hydrogens is 232 g/mol. The van der Waals surface area contributed by atoms with E-state index in [1.165, 1.54) is 6.20 Å². The Morgan fingerprint density at radius 2 is 2.17 bits per heavy atom. The fourth-order valence-corrected chi connectivity index (χ4v) is 2.89. The van der Waals surface area contributed by atoms with E-state index in [2.05, 4.69) is 4.98 Å². The summed E-state index contributed by atoms with van der Waals surface area (Å²) in [5.74, 6) is 0.828. The number of carbonyl (C=O) groups excluding carboxylic acids is 1. The van der Waals surface area contributed by atoms with Crippen LogP contribution in [-0.4, -0.2) is 32.7 Å². The Labute approximate surface area is 105 Å². The van der Waals surface area contributed by atoms with Crippen molar-refractivity contribution in [3.8, 4) is 5.75 Å². The Balaban J connectivity index is 1.93. The molecule has 0 unspecified atom stereocenters. The third-order valence-electron chi connectivity index (χ3n) is 3.75. The Kier molecular flexibility index (Phi) is 2.35. The standard InChI is InChI=1S/C13H16N2O3/c1-13(18)5-9(6-13)15-11(17)3-2-8-4-10(16)7-14-12(8)15/h4,7,9,16,18H,2-3,5-6H2,1H3. The number of rotatable bonds is 1. The molecular formula is C13H16N2O3. The molecule has 0 saturated heterocycles. The highest BCUT2D eigenvalue weighted by Gasteiger charge is 2.45. The molecule has 96 valence electrons. The summed E-state index contributed by atoms with van der Waals surface area (Å²) in [5, 5.41) is 19.2. The summed E-state index contributed by atoms with van der Waals surface area (Å²) in [7, 11) is 0. The Morgan fingerprint density at radius 3 is 2.83 bits per heavy atom. The summed E-state index contributed by atoms with van der Waals surface area (Å²) in [6.07, 6.45) is 3.59. The number of nitrogens with zero attached hydrogens (tertiary/aromatic N) is 2. The molecule has 5 heteroatoms. The average Bonchev–Trinajstić information content (AvgIpc) is 2.26. The first-order valence-electron chi connectivity index (χ1n) is 6.19. The molecule has 1 aliphatic carbocycles. The van der Waals surface area contributed by atoms with E-state index < -0.39 is 5.60 Å². The maximum atomic E-state index is 12.0. The third kappa shape index (κ3) is 1.75. The van der Waals surface area contributed by atoms with Gasteiger partial charge in [-0.05, 0) is 37.8 Å². The number of pyridine rings is 1. The van der Waals surface area contributed by atoms with Crippen LogP contribution >= 0.6 is 0 Å². The minimum atomic E-state index is -0.667. The van der Waals surface area contributed by atoms with Crippen LogP contribution in [0.1, 0.15) is 31.7 Å². The van der Waals surface area contributed by atoms with E-state index in [-0.39, 0.29) is 17.7 Å². The summed E-state index contributed by atoms with van der Waals surface area (Å²) < 4.78 is 0. The van der Waals surface area contributed by atoms with Gasteiger partial charge in [-0.2, -0.15) is 0 Å². The zero-order chi connectivity index (χ0) is 12.9. The number of hydrogen-bond acceptors (Lipinski definition) is 4. The molecule has 0 bridgehead atoms. The zero-order valence-electron chi connectivity index (χ0n) is 10.3. The number of aromatic nitrogens is 1. The van der Waals surface area contributed by atoms with Crippen LogP contribution in [-0.2, 0) is 11.2 Å². The number of hydrogen-bond donors (Lipinski definition) is 2. The molecule has 2 aliphatic rings. The number of aryl methyl sites for hydroxylation is 1. The summed E-state index contributed by atoms with van der Waals surface area (Å²) in [4.78, 5) is 17.9. The van der Waals surface area contributed by atoms with Crippen LogP contribution in [0.25, 0.3) is 0 Å². The Hall–Kier alpha value is -1.62. The number of aromatic hydroxyl groups is 1. The van der Waals surface area contributed by atoms with E-state index in [1.807, 2.05) is 0 Å². The van der Waals surface area contributed by atoms with Gasteiger partial charge >= 0.3 is 0 Å². The number of anilines is 1. The molecule has 1 amide bonds. The van der Waals surface area contributed by atoms with Crippen LogP contribution in [0.4, 0.5) is 5.82 Å². The van der Waals surface area contributed by atoms with Crippen molar-refractivity contribution in [2.24, 2.45) is 0 Å². The molecule has 2 heterocycles. The van der Waals surface area contributed by atoms with Crippen molar-refractivity contribution in [2.45, 2.75) is 44.2 Å². The van der Waals surface area contributed by atoms with Gasteiger partial charge in [-0.25, -0.2) is 4.98 Å². The van der Waals surface area contributed by atoms with E-state index in [1.54, 1.807) is 17.9 Å². The summed E-state index contributed by atoms with van der Waals surface area (Å²) in [5.41, 5.74) is 0.237. The molecule has 0 aromatic carbocycles. The normalized spacial score (nSPS) is 30.9. The van der Waals surface area contributed by atoms with Crippen LogP contribution in [0.5, 0.6) is 5.75 Å². The van der Waals surface area contributed by atoms with Crippen molar-refractivity contribution in [1.29, 1.82) is 0 Å². The fourth-order valence-electron chi connectivity index (χ4n) is 2.89. The number of aliphatic hydroxyl groups is 1. The average molecular weight is 248 g/mol. The maximum absolute atomic E-state index is 12.0. The van der Waals surface area contributed by atoms with Gasteiger partial charge in [0.1, 0.15) is 11.6 Å². The van der Waals surface area contributed by atoms with E-state index >= 15 is 0 Å². The Bertz CT molecular complexity index is 505. The highest BCUT2D eigenvalue weighted by Crippen LogP contribution is 2.40. The lowest BCUT2D eigenvalue weighted by molar-refractivity contribution is -0.121. The molecule has 1 aromatic heterocycles. The van der Waals surface area contributed by atoms with E-state index in [9.17, 15) is 15.0 Å². The van der Waals surface area contributed by atoms with Crippen molar-refractivity contribution in [3.63, 3.8) is 0 Å². The molecule has 3 rings (SSSR count). The molecule has 1 aromatic rings. The van der Waals surface area contributed by atoms with Crippen molar-refractivity contribution < 1.29 is 15.0 Å². The van der Waals surface area contributed by atoms with Gasteiger partial charge in [0, 0.05) is 12.5 Å². The van der Waals surface area contributed by atoms with Gasteiger partial charge in [-0.15, -0.1) is 0 Å². The van der Waals surface area contributed by atoms with Gasteiger partial charge in [0.2, 0.25) is 5.91 Å². The summed E-state index contributed by atoms with van der Waals surface area (Å²) in [6, 6.07) is 1.70. The van der Waals surface area contributed by atoms with Crippen LogP contribution in [0.15, 0.2) is 12.3 Å². The van der Waals surface area contributed by atoms with Gasteiger partial charge in [0.25, 0.3) is 0 Å². The van der Waals surface area contributed by atoms with Crippen LogP contribution < -0.4 is 4.90 Å². The van der Waals surface area contributed by atoms with Crippen molar-refractivity contribution in [3.05, 3.63) is 17.8 Å². The second-order valence-electron chi connectivity index (χ2n) is 5.50. The predicted octanol–water partition coefficient (Wildman–Crippen LogP) is 0.980. The van der Waals surface area contributed by atoms with Crippen molar-refractivity contribution in [2.75, 3.05) is 4.90 Å². The van der Waals surface area contributed by atoms with Crippen molar-refractivity contribution >= 4 is 11.7 Å². The van der Waals surface area contributed by atoms with Gasteiger partial charge in [0.05, 0.1) is 11.8 Å². The smallest absolute Gasteiger partial charge is 0.228 e. The van der Waals surface area contributed by atoms with E-state index in [0.717, 1.165) is 5.56 Å². The van der Waals surface area contributed by atoms with Gasteiger partial charge < -0.3 is 10.2 Å². The third-order valence-corrected chi connectivity index (χ3v) is 3.75. The first-order valence-corrected chi connectivity index (χ1v) is 6.19. The number of fused-ring (bicyclic) bond motifs is 1. The van der Waals surface area contributed by atoms with E-state index in [4.69, 9.17) is 0 Å². The monoisotopic (exact) mass is 248 g/mol. The fraction of sp³-hybridized carbons (Fsp3) is 0.538. The molecule has 1 aliphatic heterocycles. The lowest BCUT2D eigenvalue weighted by atomic mass is 9.75. The SMILES string of the molecule is CC1(O)CC(N2C(=O)CCc3cc(O)cnc32)C1. The van der Waals surface area contributed by atoms with Gasteiger partial charge in [-0.3, -0.25) is 9.69 Å². The van der Waals surface area contributed by atoms with E-state index in [0.29, 0.717) is 31.5 Å². The highest BCUT2D eigenvalue weighted by atomic mass is 16.3. The molecule has 2 N–H and O–H groups in total. The summed E-state index contributed by atoms with van der Waals surface area (Å²) >= 11 is 0. The topological polar surface area (TPSA) is 73.7 Å². The second-order valence-corrected chi connectivity index (χ2v) is 5.50. The lowest BCUT2D eigenvalue weighted by Crippen LogP contribution is -2.57. The maximum Gasteiger partial charge on any atom is 0.228 e. The van der Waals surface area contributed by atoms with Crippen LogP contribution in [0.3, 0.4) is 0 Å². The molecule has 0 atom stereocenters. The molecule has 18 heavy (non-hydrogen) atoms. The molecule has 1 saturated carbocycles. The largest absolute Gasteiger partial charge is 0.506 e. The minimum absolute atomic E-state index is 0.0311. The molecule has 1 fully saturated rings. The lowest BCUT2D eigenvalue weighted by Gasteiger charge is -2.47. The number of carbonyl (C=O) groups is 1. The summed E-state index contributed by atoms with van der Waals surface area (Å²) in [6.45, 7) is 1.78. The first-order chi connectivity index (χ1) is 8.46. The number of amides is 1. The quantitative estimate of drug-likeness (QED) is 0.777. The van der Waals surface area contributed by atoms with Crippen LogP contribution in [0, 0.1) is 0 Å². The minimum Gasteiger partial charge on any atom is -0.506 e. The molecule has 0 radical (unpaired) electrons.